The Morgan fingerprint density at radius 3 is 1.37 bits per heavy atom. The van der Waals surface area contributed by atoms with E-state index in [1.165, 1.54) is 56.0 Å². The molecule has 0 aliphatic carbocycles. The lowest BCUT2D eigenvalue weighted by Gasteiger charge is -2.29. The van der Waals surface area contributed by atoms with Crippen LogP contribution in [0.4, 0.5) is 13.2 Å². The van der Waals surface area contributed by atoms with Crippen molar-refractivity contribution < 1.29 is 33.2 Å². The predicted molar refractivity (Wildman–Crippen MR) is 316 cm³/mol. The lowest BCUT2D eigenvalue weighted by atomic mass is 9.95. The summed E-state index contributed by atoms with van der Waals surface area (Å²) in [6.45, 7) is 14.3. The molecular formula is C64H71Cl2F3N8O4. The number of hydrogen-bond donors (Lipinski definition) is 3. The molecule has 0 saturated heterocycles. The molecule has 9 aromatic rings. The van der Waals surface area contributed by atoms with Crippen LogP contribution in [0.25, 0.3) is 32.7 Å². The minimum atomic E-state index is -4.51. The Hall–Kier alpha value is -6.27. The second-order valence-electron chi connectivity index (χ2n) is 23.1. The van der Waals surface area contributed by atoms with Gasteiger partial charge in [-0.2, -0.15) is 13.2 Å². The molecule has 3 atom stereocenters. The molecule has 17 heteroatoms. The Balaban J connectivity index is 0.000000137. The lowest BCUT2D eigenvalue weighted by molar-refractivity contribution is -0.141. The van der Waals surface area contributed by atoms with Gasteiger partial charge in [0.1, 0.15) is 28.2 Å². The van der Waals surface area contributed by atoms with E-state index in [2.05, 4.69) is 90.7 Å². The van der Waals surface area contributed by atoms with Crippen molar-refractivity contribution in [1.82, 2.24) is 38.4 Å². The Labute approximate surface area is 481 Å². The van der Waals surface area contributed by atoms with E-state index in [9.17, 15) is 28.5 Å². The Bertz CT molecular complexity index is 3720. The van der Waals surface area contributed by atoms with Crippen LogP contribution in [0, 0.1) is 6.92 Å². The molecule has 3 N–H and O–H groups in total. The number of hydrogen-bond acceptors (Lipinski definition) is 9. The molecule has 0 spiro atoms. The highest BCUT2D eigenvalue weighted by molar-refractivity contribution is 6.31. The fraction of sp³-hybridized carbons (Fsp3) is 0.375. The van der Waals surface area contributed by atoms with Gasteiger partial charge in [0.25, 0.3) is 0 Å². The first kappa shape index (κ1) is 57.9. The van der Waals surface area contributed by atoms with Gasteiger partial charge in [0.05, 0.1) is 26.7 Å². The molecule has 12 nitrogen and oxygen atoms in total. The average molecular weight is 1140 g/mol. The summed E-state index contributed by atoms with van der Waals surface area (Å²) in [6.07, 6.45) is 2.90. The van der Waals surface area contributed by atoms with Crippen LogP contribution in [-0.2, 0) is 81.5 Å². The smallest absolute Gasteiger partial charge is 0.433 e. The maximum Gasteiger partial charge on any atom is 0.433 e. The number of halogens is 5. The summed E-state index contributed by atoms with van der Waals surface area (Å²) < 4.78 is 50.3. The quantitative estimate of drug-likeness (QED) is 0.123. The maximum absolute atomic E-state index is 12.8. The van der Waals surface area contributed by atoms with E-state index < -0.39 is 28.7 Å². The van der Waals surface area contributed by atoms with E-state index in [0.717, 1.165) is 115 Å². The van der Waals surface area contributed by atoms with E-state index >= 15 is 0 Å². The molecule has 426 valence electrons. The first-order valence-corrected chi connectivity index (χ1v) is 28.2. The Morgan fingerprint density at radius 2 is 0.963 bits per heavy atom. The summed E-state index contributed by atoms with van der Waals surface area (Å²) in [7, 11) is 8.02. The van der Waals surface area contributed by atoms with Gasteiger partial charge in [-0.25, -0.2) is 0 Å². The van der Waals surface area contributed by atoms with Crippen LogP contribution in [0.2, 0.25) is 10.0 Å². The summed E-state index contributed by atoms with van der Waals surface area (Å²) in [5.74, 6) is 0.788. The largest absolute Gasteiger partial charge is 0.497 e. The van der Waals surface area contributed by atoms with E-state index in [0.29, 0.717) is 23.7 Å². The van der Waals surface area contributed by atoms with Gasteiger partial charge in [-0.3, -0.25) is 9.97 Å². The number of nitrogens with zero attached hydrogens (tertiary/aromatic N) is 8. The fourth-order valence-corrected chi connectivity index (χ4v) is 12.4. The van der Waals surface area contributed by atoms with Crippen LogP contribution in [0.1, 0.15) is 82.5 Å². The summed E-state index contributed by atoms with van der Waals surface area (Å²) in [6, 6.07) is 32.0. The molecule has 12 rings (SSSR count). The SMILES string of the molecule is CN1CCc2c(c3cc(Cl)ccc3n2CC(C)(O)c2ccc(C(F)(F)F)nc2)C1.COc1ccc(C(C)(O)Cn2c3c(c4cc(Cl)ccc42)CN(C)CC3)cc1.Cc1ccc2c(c1)c1c(n2CC(C)(O)c2cccnc2)CCN(C)C1. The Kier molecular flexibility index (Phi) is 16.3. The average Bonchev–Trinajstić information content (AvgIpc) is 3.16. The Morgan fingerprint density at radius 1 is 0.543 bits per heavy atom. The van der Waals surface area contributed by atoms with Crippen LogP contribution in [0.5, 0.6) is 5.75 Å². The van der Waals surface area contributed by atoms with Crippen LogP contribution in [-0.4, -0.2) is 102 Å². The number of alkyl halides is 3. The van der Waals surface area contributed by atoms with Gasteiger partial charge in [0.15, 0.2) is 0 Å². The zero-order valence-electron chi connectivity index (χ0n) is 47.2. The van der Waals surface area contributed by atoms with Crippen LogP contribution in [0.15, 0.2) is 122 Å². The van der Waals surface area contributed by atoms with Gasteiger partial charge in [-0.15, -0.1) is 0 Å². The highest BCUT2D eigenvalue weighted by Gasteiger charge is 2.35. The first-order chi connectivity index (χ1) is 38.4. The molecule has 4 aromatic carbocycles. The second kappa shape index (κ2) is 22.8. The highest BCUT2D eigenvalue weighted by atomic mass is 35.5. The van der Waals surface area contributed by atoms with Gasteiger partial charge in [0, 0.05) is 148 Å². The summed E-state index contributed by atoms with van der Waals surface area (Å²) in [5, 5.41) is 38.5. The lowest BCUT2D eigenvalue weighted by Crippen LogP contribution is -2.31. The third kappa shape index (κ3) is 12.1. The molecule has 0 amide bonds. The number of fused-ring (bicyclic) bond motifs is 9. The number of likely N-dealkylation sites (N-methyl/N-ethyl adjacent to an activating group) is 3. The van der Waals surface area contributed by atoms with Crippen molar-refractivity contribution in [2.75, 3.05) is 47.9 Å². The number of benzene rings is 4. The first-order valence-electron chi connectivity index (χ1n) is 27.4. The summed E-state index contributed by atoms with van der Waals surface area (Å²) >= 11 is 12.5. The van der Waals surface area contributed by atoms with Crippen LogP contribution >= 0.6 is 23.2 Å². The molecule has 5 aromatic heterocycles. The van der Waals surface area contributed by atoms with Crippen molar-refractivity contribution in [3.05, 3.63) is 193 Å². The molecule has 0 saturated carbocycles. The number of aliphatic hydroxyl groups is 3. The van der Waals surface area contributed by atoms with Crippen molar-refractivity contribution in [3.63, 3.8) is 0 Å². The van der Waals surface area contributed by atoms with E-state index in [4.69, 9.17) is 27.9 Å². The van der Waals surface area contributed by atoms with E-state index in [1.54, 1.807) is 26.4 Å². The van der Waals surface area contributed by atoms with Crippen molar-refractivity contribution >= 4 is 55.9 Å². The van der Waals surface area contributed by atoms with Crippen molar-refractivity contribution in [1.29, 1.82) is 0 Å². The molecule has 3 unspecified atom stereocenters. The van der Waals surface area contributed by atoms with Crippen molar-refractivity contribution in [3.8, 4) is 5.75 Å². The second-order valence-corrected chi connectivity index (χ2v) is 23.9. The molecule has 0 bridgehead atoms. The molecule has 3 aliphatic rings. The minimum absolute atomic E-state index is 0.206. The van der Waals surface area contributed by atoms with Crippen molar-refractivity contribution in [2.24, 2.45) is 0 Å². The van der Waals surface area contributed by atoms with E-state index in [1.807, 2.05) is 80.6 Å². The number of aryl methyl sites for hydroxylation is 1. The molecule has 0 fully saturated rings. The molecular weight excluding hydrogens is 1070 g/mol. The number of rotatable bonds is 10. The predicted octanol–water partition coefficient (Wildman–Crippen LogP) is 12.0. The fourth-order valence-electron chi connectivity index (χ4n) is 12.1. The highest BCUT2D eigenvalue weighted by Crippen LogP contribution is 2.39. The van der Waals surface area contributed by atoms with Gasteiger partial charge in [-0.1, -0.05) is 59.1 Å². The van der Waals surface area contributed by atoms with E-state index in [-0.39, 0.29) is 6.54 Å². The minimum Gasteiger partial charge on any atom is -0.497 e. The van der Waals surface area contributed by atoms with Gasteiger partial charge in [-0.05, 0) is 144 Å². The zero-order chi connectivity index (χ0) is 57.8. The maximum atomic E-state index is 12.8. The van der Waals surface area contributed by atoms with Crippen molar-refractivity contribution in [2.45, 2.75) is 109 Å². The molecule has 0 radical (unpaired) electrons. The standard InChI is InChI=1S/C22H25ClN2O2.C21H21ClF3N3O.C21H25N3O/c1-22(26,15-4-7-17(27-3)8-5-15)14-25-20-9-6-16(23)12-18(20)19-13-24(2)11-10-21(19)25;1-20(29,13-3-6-19(26-10-13)21(23,24)25)12-28-17-5-4-14(22)9-15(17)16-11-27(2)8-7-18(16)28;1-15-6-7-19-17(11-15)18-13-23(3)10-8-20(18)24(19)14-21(2,25)16-5-4-9-22-12-16/h4-9,12,26H,10-11,13-14H2,1-3H3;3-6,9-10,29H,7-8,11-12H2,1-2H3;4-7,9,11-12,25H,8,10,13-14H2,1-3H3. The summed E-state index contributed by atoms with van der Waals surface area (Å²) in [5.41, 5.74) is 10.0. The normalized spacial score (nSPS) is 17.2. The van der Waals surface area contributed by atoms with Crippen LogP contribution in [0.3, 0.4) is 0 Å². The third-order valence-corrected chi connectivity index (χ3v) is 17.0. The topological polar surface area (TPSA) is 120 Å². The van der Waals surface area contributed by atoms with Gasteiger partial charge in [0.2, 0.25) is 0 Å². The molecule has 81 heavy (non-hydrogen) atoms. The number of ether oxygens (including phenoxy) is 1. The molecule has 8 heterocycles. The number of aromatic nitrogens is 5. The zero-order valence-corrected chi connectivity index (χ0v) is 48.8. The number of methoxy groups -OCH3 is 1. The monoisotopic (exact) mass is 1140 g/mol. The number of pyridine rings is 2. The van der Waals surface area contributed by atoms with Gasteiger partial charge < -0.3 is 48.5 Å². The third-order valence-electron chi connectivity index (χ3n) is 16.5. The van der Waals surface area contributed by atoms with Crippen LogP contribution < -0.4 is 4.74 Å². The van der Waals surface area contributed by atoms with Gasteiger partial charge >= 0.3 is 6.18 Å². The molecule has 3 aliphatic heterocycles. The summed E-state index contributed by atoms with van der Waals surface area (Å²) in [4.78, 5) is 14.6.